The molecule has 22 heavy (non-hydrogen) atoms. The van der Waals surface area contributed by atoms with Crippen molar-refractivity contribution in [2.75, 3.05) is 13.2 Å². The van der Waals surface area contributed by atoms with E-state index in [1.165, 1.54) is 0 Å². The quantitative estimate of drug-likeness (QED) is 0.479. The van der Waals surface area contributed by atoms with Crippen LogP contribution in [0.4, 0.5) is 0 Å². The summed E-state index contributed by atoms with van der Waals surface area (Å²) in [5, 5.41) is 0.772. The van der Waals surface area contributed by atoms with Crippen molar-refractivity contribution in [3.8, 4) is 0 Å². The summed E-state index contributed by atoms with van der Waals surface area (Å²) >= 11 is 9.72. The fourth-order valence-corrected chi connectivity index (χ4v) is 2.81. The third-order valence-corrected chi connectivity index (χ3v) is 4.32. The van der Waals surface area contributed by atoms with E-state index in [0.717, 1.165) is 40.1 Å². The van der Waals surface area contributed by atoms with Gasteiger partial charge in [0.2, 0.25) is 0 Å². The van der Waals surface area contributed by atoms with E-state index < -0.39 is 0 Å². The maximum Gasteiger partial charge on any atom is 0.124 e. The van der Waals surface area contributed by atoms with Crippen LogP contribution in [0.2, 0.25) is 5.02 Å². The summed E-state index contributed by atoms with van der Waals surface area (Å²) in [4.78, 5) is 0. The highest BCUT2D eigenvalue weighted by Gasteiger charge is 2.16. The van der Waals surface area contributed by atoms with E-state index in [0.29, 0.717) is 12.4 Å². The van der Waals surface area contributed by atoms with Crippen LogP contribution in [0.1, 0.15) is 18.9 Å². The smallest absolute Gasteiger partial charge is 0.124 e. The molecule has 0 saturated carbocycles. The predicted octanol–water partition coefficient (Wildman–Crippen LogP) is 5.47. The van der Waals surface area contributed by atoms with Gasteiger partial charge in [-0.3, -0.25) is 0 Å². The van der Waals surface area contributed by atoms with Crippen LogP contribution in [0, 0.1) is 0 Å². The Morgan fingerprint density at radius 1 is 1.50 bits per heavy atom. The highest BCUT2D eigenvalue weighted by Crippen LogP contribution is 2.24. The topological polar surface area (TPSA) is 18.5 Å². The van der Waals surface area contributed by atoms with Gasteiger partial charge < -0.3 is 9.47 Å². The van der Waals surface area contributed by atoms with Crippen LogP contribution in [-0.2, 0) is 15.9 Å². The molecule has 0 spiro atoms. The SMILES string of the molecule is C=C(/C=C\C(=C/C)Cc1cc(Br)ccc1Cl)O[C@H]1CCOC1. The Balaban J connectivity index is 1.95. The number of hydrogen-bond donors (Lipinski definition) is 0. The van der Waals surface area contributed by atoms with E-state index in [-0.39, 0.29) is 6.10 Å². The molecule has 1 atom stereocenters. The summed E-state index contributed by atoms with van der Waals surface area (Å²) in [6.45, 7) is 7.37. The summed E-state index contributed by atoms with van der Waals surface area (Å²) in [6, 6.07) is 5.89. The van der Waals surface area contributed by atoms with Crippen molar-refractivity contribution in [3.05, 3.63) is 69.4 Å². The van der Waals surface area contributed by atoms with Gasteiger partial charge in [-0.15, -0.1) is 0 Å². The van der Waals surface area contributed by atoms with E-state index in [9.17, 15) is 0 Å². The van der Waals surface area contributed by atoms with Gasteiger partial charge in [-0.1, -0.05) is 46.3 Å². The first-order valence-corrected chi connectivity index (χ1v) is 8.46. The van der Waals surface area contributed by atoms with E-state index >= 15 is 0 Å². The number of ether oxygens (including phenoxy) is 2. The van der Waals surface area contributed by atoms with Crippen molar-refractivity contribution in [2.24, 2.45) is 0 Å². The first kappa shape index (κ1) is 17.3. The average molecular weight is 384 g/mol. The van der Waals surface area contributed by atoms with Gasteiger partial charge in [0.15, 0.2) is 0 Å². The minimum Gasteiger partial charge on any atom is -0.489 e. The Hall–Kier alpha value is -1.03. The molecule has 0 N–H and O–H groups in total. The molecule has 1 saturated heterocycles. The molecule has 1 aromatic carbocycles. The van der Waals surface area contributed by atoms with Gasteiger partial charge in [-0.25, -0.2) is 0 Å². The second kappa shape index (κ2) is 8.56. The number of benzene rings is 1. The van der Waals surface area contributed by atoms with E-state index in [1.54, 1.807) is 0 Å². The van der Waals surface area contributed by atoms with Crippen LogP contribution in [0.3, 0.4) is 0 Å². The summed E-state index contributed by atoms with van der Waals surface area (Å²) in [6.07, 6.45) is 7.82. The van der Waals surface area contributed by atoms with Crippen LogP contribution >= 0.6 is 27.5 Å². The minimum atomic E-state index is 0.130. The third-order valence-electron chi connectivity index (χ3n) is 3.46. The van der Waals surface area contributed by atoms with Crippen LogP contribution in [-0.4, -0.2) is 19.3 Å². The fourth-order valence-electron chi connectivity index (χ4n) is 2.22. The van der Waals surface area contributed by atoms with Crippen molar-refractivity contribution < 1.29 is 9.47 Å². The van der Waals surface area contributed by atoms with E-state index in [2.05, 4.69) is 28.6 Å². The largest absolute Gasteiger partial charge is 0.489 e. The zero-order valence-corrected chi connectivity index (χ0v) is 15.0. The molecule has 4 heteroatoms. The molecule has 0 radical (unpaired) electrons. The monoisotopic (exact) mass is 382 g/mol. The van der Waals surface area contributed by atoms with Gasteiger partial charge in [0.25, 0.3) is 0 Å². The first-order chi connectivity index (χ1) is 10.6. The molecule has 0 unspecified atom stereocenters. The Morgan fingerprint density at radius 2 is 2.32 bits per heavy atom. The molecule has 1 aliphatic rings. The fraction of sp³-hybridized carbons (Fsp3) is 0.333. The van der Waals surface area contributed by atoms with E-state index in [1.807, 2.05) is 37.3 Å². The highest BCUT2D eigenvalue weighted by molar-refractivity contribution is 9.10. The molecule has 0 bridgehead atoms. The van der Waals surface area contributed by atoms with E-state index in [4.69, 9.17) is 21.1 Å². The van der Waals surface area contributed by atoms with Gasteiger partial charge in [-0.2, -0.15) is 0 Å². The van der Waals surface area contributed by atoms with Gasteiger partial charge in [0.05, 0.1) is 13.2 Å². The van der Waals surface area contributed by atoms with Crippen molar-refractivity contribution in [1.82, 2.24) is 0 Å². The molecule has 0 aliphatic carbocycles. The molecule has 2 rings (SSSR count). The standard InChI is InChI=1S/C18H20BrClO2/c1-3-14(10-15-11-16(19)6-7-18(15)20)5-4-13(2)22-17-8-9-21-12-17/h3-7,11,17H,2,8-10,12H2,1H3/b5-4-,14-3+/t17-/m0/s1. The van der Waals surface area contributed by atoms with Gasteiger partial charge >= 0.3 is 0 Å². The number of allylic oxidation sites excluding steroid dienone is 4. The lowest BCUT2D eigenvalue weighted by Gasteiger charge is -2.11. The average Bonchev–Trinajstić information content (AvgIpc) is 2.99. The minimum absolute atomic E-state index is 0.130. The normalized spacial score (nSPS) is 18.9. The zero-order valence-electron chi connectivity index (χ0n) is 12.6. The summed E-state index contributed by atoms with van der Waals surface area (Å²) < 4.78 is 12.0. The predicted molar refractivity (Wildman–Crippen MR) is 95.2 cm³/mol. The van der Waals surface area contributed by atoms with Crippen LogP contribution < -0.4 is 0 Å². The number of rotatable bonds is 6. The van der Waals surface area contributed by atoms with Gasteiger partial charge in [0.1, 0.15) is 11.9 Å². The summed E-state index contributed by atoms with van der Waals surface area (Å²) in [5.74, 6) is 0.662. The molecule has 2 nitrogen and oxygen atoms in total. The second-order valence-corrected chi connectivity index (χ2v) is 6.50. The van der Waals surface area contributed by atoms with Crippen molar-refractivity contribution >= 4 is 27.5 Å². The molecular formula is C18H20BrClO2. The molecule has 0 aromatic heterocycles. The molecule has 1 aromatic rings. The zero-order chi connectivity index (χ0) is 15.9. The maximum absolute atomic E-state index is 6.25. The Labute approximate surface area is 145 Å². The molecule has 1 aliphatic heterocycles. The third kappa shape index (κ3) is 5.31. The highest BCUT2D eigenvalue weighted by atomic mass is 79.9. The Morgan fingerprint density at radius 3 is 3.00 bits per heavy atom. The van der Waals surface area contributed by atoms with Crippen LogP contribution in [0.5, 0.6) is 0 Å². The lowest BCUT2D eigenvalue weighted by molar-refractivity contribution is 0.0988. The van der Waals surface area contributed by atoms with Crippen molar-refractivity contribution in [1.29, 1.82) is 0 Å². The van der Waals surface area contributed by atoms with Gasteiger partial charge in [0, 0.05) is 15.9 Å². The lowest BCUT2D eigenvalue weighted by Crippen LogP contribution is -2.10. The Kier molecular flexibility index (Phi) is 6.74. The maximum atomic E-state index is 6.25. The molecular weight excluding hydrogens is 364 g/mol. The first-order valence-electron chi connectivity index (χ1n) is 7.29. The number of halogens is 2. The molecule has 118 valence electrons. The van der Waals surface area contributed by atoms with Crippen molar-refractivity contribution in [2.45, 2.75) is 25.9 Å². The molecule has 0 amide bonds. The summed E-state index contributed by atoms with van der Waals surface area (Å²) in [7, 11) is 0. The van der Waals surface area contributed by atoms with Crippen LogP contribution in [0.15, 0.2) is 58.8 Å². The Bertz CT molecular complexity index is 587. The van der Waals surface area contributed by atoms with Crippen LogP contribution in [0.25, 0.3) is 0 Å². The molecule has 1 fully saturated rings. The number of hydrogen-bond acceptors (Lipinski definition) is 2. The van der Waals surface area contributed by atoms with Gasteiger partial charge in [-0.05, 0) is 48.8 Å². The molecule has 1 heterocycles. The lowest BCUT2D eigenvalue weighted by atomic mass is 10.0. The second-order valence-electron chi connectivity index (χ2n) is 5.18. The summed E-state index contributed by atoms with van der Waals surface area (Å²) in [5.41, 5.74) is 2.25. The van der Waals surface area contributed by atoms with Crippen molar-refractivity contribution in [3.63, 3.8) is 0 Å².